The monoisotopic (exact) mass is 344 g/mol. The minimum absolute atomic E-state index is 0.230. The van der Waals surface area contributed by atoms with Crippen molar-refractivity contribution in [1.82, 2.24) is 5.32 Å². The molecule has 0 spiro atoms. The summed E-state index contributed by atoms with van der Waals surface area (Å²) in [4.78, 5) is 24.3. The van der Waals surface area contributed by atoms with Gasteiger partial charge in [0.1, 0.15) is 11.6 Å². The molecule has 1 saturated carbocycles. The fourth-order valence-electron chi connectivity index (χ4n) is 3.01. The van der Waals surface area contributed by atoms with Crippen molar-refractivity contribution in [3.63, 3.8) is 0 Å². The van der Waals surface area contributed by atoms with E-state index in [4.69, 9.17) is 0 Å². The molecule has 2 aromatic carbocycles. The number of amides is 2. The first-order valence-corrected chi connectivity index (χ1v) is 8.00. The molecule has 25 heavy (non-hydrogen) atoms. The Labute approximate surface area is 144 Å². The fraction of sp³-hybridized carbons (Fsp3) is 0.263. The molecule has 0 aliphatic heterocycles. The van der Waals surface area contributed by atoms with Gasteiger partial charge in [0.25, 0.3) is 5.91 Å². The molecule has 0 aromatic heterocycles. The van der Waals surface area contributed by atoms with Crippen molar-refractivity contribution in [2.24, 2.45) is 5.92 Å². The van der Waals surface area contributed by atoms with Crippen molar-refractivity contribution in [3.8, 4) is 0 Å². The van der Waals surface area contributed by atoms with Crippen LogP contribution in [0.25, 0.3) is 0 Å². The van der Waals surface area contributed by atoms with E-state index < -0.39 is 11.6 Å². The van der Waals surface area contributed by atoms with Gasteiger partial charge in [-0.05, 0) is 48.6 Å². The van der Waals surface area contributed by atoms with Gasteiger partial charge in [-0.15, -0.1) is 0 Å². The van der Waals surface area contributed by atoms with E-state index in [9.17, 15) is 18.4 Å². The summed E-state index contributed by atoms with van der Waals surface area (Å²) >= 11 is 0. The number of hydrogen-bond donors (Lipinski definition) is 2. The smallest absolute Gasteiger partial charge is 0.251 e. The molecule has 6 heteroatoms. The largest absolute Gasteiger partial charge is 0.355 e. The second-order valence-corrected chi connectivity index (χ2v) is 6.16. The number of benzene rings is 2. The minimum Gasteiger partial charge on any atom is -0.355 e. The lowest BCUT2D eigenvalue weighted by molar-refractivity contribution is -0.117. The van der Waals surface area contributed by atoms with Crippen LogP contribution in [0, 0.1) is 24.5 Å². The number of rotatable bonds is 4. The van der Waals surface area contributed by atoms with E-state index in [0.717, 1.165) is 6.07 Å². The summed E-state index contributed by atoms with van der Waals surface area (Å²) in [7, 11) is 1.54. The van der Waals surface area contributed by atoms with Crippen LogP contribution >= 0.6 is 0 Å². The molecule has 2 amide bonds. The molecule has 130 valence electrons. The third-order valence-corrected chi connectivity index (χ3v) is 4.55. The highest BCUT2D eigenvalue weighted by atomic mass is 19.1. The van der Waals surface area contributed by atoms with Gasteiger partial charge in [0.05, 0.1) is 0 Å². The van der Waals surface area contributed by atoms with Gasteiger partial charge < -0.3 is 10.6 Å². The number of halogens is 2. The molecule has 3 rings (SSSR count). The molecular formula is C19H18F2N2O2. The van der Waals surface area contributed by atoms with Crippen molar-refractivity contribution in [2.45, 2.75) is 19.3 Å². The summed E-state index contributed by atoms with van der Waals surface area (Å²) in [5.74, 6) is -2.33. The van der Waals surface area contributed by atoms with E-state index in [1.165, 1.54) is 12.1 Å². The summed E-state index contributed by atoms with van der Waals surface area (Å²) in [6, 6.07) is 8.51. The molecule has 1 aliphatic carbocycles. The topological polar surface area (TPSA) is 58.2 Å². The zero-order valence-electron chi connectivity index (χ0n) is 13.9. The Bertz CT molecular complexity index is 851. The van der Waals surface area contributed by atoms with Crippen molar-refractivity contribution < 1.29 is 18.4 Å². The Hall–Kier alpha value is -2.76. The van der Waals surface area contributed by atoms with E-state index in [1.54, 1.807) is 32.2 Å². The van der Waals surface area contributed by atoms with Gasteiger partial charge in [0.15, 0.2) is 0 Å². The number of carbonyl (C=O) groups is 2. The third-order valence-electron chi connectivity index (χ3n) is 4.55. The van der Waals surface area contributed by atoms with Gasteiger partial charge in [0, 0.05) is 30.3 Å². The molecule has 0 bridgehead atoms. The maximum Gasteiger partial charge on any atom is 0.251 e. The molecule has 0 radical (unpaired) electrons. The zero-order valence-corrected chi connectivity index (χ0v) is 13.9. The van der Waals surface area contributed by atoms with Crippen LogP contribution in [0.1, 0.15) is 33.8 Å². The van der Waals surface area contributed by atoms with Crippen LogP contribution in [0.3, 0.4) is 0 Å². The Morgan fingerprint density at radius 2 is 1.92 bits per heavy atom. The summed E-state index contributed by atoms with van der Waals surface area (Å²) in [6.07, 6.45) is 0.516. The zero-order chi connectivity index (χ0) is 18.1. The second kappa shape index (κ2) is 6.63. The number of nitrogens with one attached hydrogen (secondary N) is 2. The van der Waals surface area contributed by atoms with Crippen molar-refractivity contribution in [2.75, 3.05) is 12.4 Å². The SMILES string of the molecule is CNC(=O)c1cccc(NC(=O)[C@@H]2C[C@H]2c2ccc(F)cc2F)c1C. The minimum atomic E-state index is -0.635. The lowest BCUT2D eigenvalue weighted by Gasteiger charge is -2.12. The number of anilines is 1. The predicted molar refractivity (Wildman–Crippen MR) is 90.4 cm³/mol. The lowest BCUT2D eigenvalue weighted by atomic mass is 10.1. The quantitative estimate of drug-likeness (QED) is 0.893. The van der Waals surface area contributed by atoms with Crippen molar-refractivity contribution >= 4 is 17.5 Å². The van der Waals surface area contributed by atoms with Crippen LogP contribution in [-0.4, -0.2) is 18.9 Å². The van der Waals surface area contributed by atoms with Gasteiger partial charge in [-0.3, -0.25) is 9.59 Å². The number of carbonyl (C=O) groups excluding carboxylic acids is 2. The molecule has 0 saturated heterocycles. The van der Waals surface area contributed by atoms with Crippen molar-refractivity contribution in [3.05, 3.63) is 64.7 Å². The molecular weight excluding hydrogens is 326 g/mol. The maximum absolute atomic E-state index is 13.8. The average Bonchev–Trinajstić information content (AvgIpc) is 3.36. The maximum atomic E-state index is 13.8. The van der Waals surface area contributed by atoms with Crippen LogP contribution in [-0.2, 0) is 4.79 Å². The van der Waals surface area contributed by atoms with Gasteiger partial charge >= 0.3 is 0 Å². The average molecular weight is 344 g/mol. The highest BCUT2D eigenvalue weighted by Crippen LogP contribution is 2.49. The molecule has 4 nitrogen and oxygen atoms in total. The summed E-state index contributed by atoms with van der Waals surface area (Å²) < 4.78 is 26.8. The second-order valence-electron chi connectivity index (χ2n) is 6.16. The summed E-state index contributed by atoms with van der Waals surface area (Å²) in [6.45, 7) is 1.75. The van der Waals surface area contributed by atoms with Crippen LogP contribution in [0.4, 0.5) is 14.5 Å². The highest BCUT2D eigenvalue weighted by Gasteiger charge is 2.45. The Morgan fingerprint density at radius 3 is 2.60 bits per heavy atom. The molecule has 1 aliphatic rings. The molecule has 1 fully saturated rings. The predicted octanol–water partition coefficient (Wildman–Crippen LogP) is 3.38. The van der Waals surface area contributed by atoms with Crippen LogP contribution in [0.5, 0.6) is 0 Å². The molecule has 2 N–H and O–H groups in total. The van der Waals surface area contributed by atoms with Crippen LogP contribution in [0.15, 0.2) is 36.4 Å². The van der Waals surface area contributed by atoms with Gasteiger partial charge in [-0.1, -0.05) is 12.1 Å². The lowest BCUT2D eigenvalue weighted by Crippen LogP contribution is -2.21. The van der Waals surface area contributed by atoms with Crippen molar-refractivity contribution in [1.29, 1.82) is 0 Å². The molecule has 0 heterocycles. The first-order chi connectivity index (χ1) is 11.9. The normalized spacial score (nSPS) is 18.6. The van der Waals surface area contributed by atoms with E-state index in [1.807, 2.05) is 0 Å². The highest BCUT2D eigenvalue weighted by molar-refractivity contribution is 6.00. The molecule has 0 unspecified atom stereocenters. The van der Waals surface area contributed by atoms with Gasteiger partial charge in [-0.2, -0.15) is 0 Å². The van der Waals surface area contributed by atoms with Gasteiger partial charge in [0.2, 0.25) is 5.91 Å². The van der Waals surface area contributed by atoms with E-state index >= 15 is 0 Å². The number of hydrogen-bond acceptors (Lipinski definition) is 2. The van der Waals surface area contributed by atoms with Crippen LogP contribution < -0.4 is 10.6 Å². The van der Waals surface area contributed by atoms with E-state index in [2.05, 4.69) is 10.6 Å². The van der Waals surface area contributed by atoms with E-state index in [0.29, 0.717) is 28.8 Å². The standard InChI is InChI=1S/C19H18F2N2O2/c1-10-12(18(24)22-2)4-3-5-17(10)23-19(25)15-9-14(15)13-7-6-11(20)8-16(13)21/h3-8,14-15H,9H2,1-2H3,(H,22,24)(H,23,25)/t14-,15+/m0/s1. The fourth-order valence-corrected chi connectivity index (χ4v) is 3.01. The molecule has 2 atom stereocenters. The first-order valence-electron chi connectivity index (χ1n) is 8.00. The molecule has 2 aromatic rings. The summed E-state index contributed by atoms with van der Waals surface area (Å²) in [5.41, 5.74) is 2.06. The first kappa shape index (κ1) is 17.1. The van der Waals surface area contributed by atoms with E-state index in [-0.39, 0.29) is 23.7 Å². The summed E-state index contributed by atoms with van der Waals surface area (Å²) in [5, 5.41) is 5.36. The Morgan fingerprint density at radius 1 is 1.16 bits per heavy atom. The van der Waals surface area contributed by atoms with Crippen LogP contribution in [0.2, 0.25) is 0 Å². The third kappa shape index (κ3) is 3.38. The Kier molecular flexibility index (Phi) is 4.53. The van der Waals surface area contributed by atoms with Gasteiger partial charge in [-0.25, -0.2) is 8.78 Å². The Balaban J connectivity index is 1.73.